The van der Waals surface area contributed by atoms with Gasteiger partial charge >= 0.3 is 0 Å². The van der Waals surface area contributed by atoms with Crippen LogP contribution in [0.25, 0.3) is 0 Å². The second kappa shape index (κ2) is 7.80. The smallest absolute Gasteiger partial charge is 0.255 e. The quantitative estimate of drug-likeness (QED) is 0.874. The maximum Gasteiger partial charge on any atom is 0.255 e. The summed E-state index contributed by atoms with van der Waals surface area (Å²) in [6.45, 7) is 7.00. The minimum Gasteiger partial charge on any atom is -0.379 e. The molecule has 1 fully saturated rings. The van der Waals surface area contributed by atoms with Crippen LogP contribution < -0.4 is 5.32 Å². The summed E-state index contributed by atoms with van der Waals surface area (Å²) < 4.78 is 32.6. The van der Waals surface area contributed by atoms with E-state index in [1.54, 1.807) is 19.1 Å². The van der Waals surface area contributed by atoms with Crippen molar-refractivity contribution in [3.63, 3.8) is 0 Å². The van der Waals surface area contributed by atoms with Gasteiger partial charge in [0, 0.05) is 24.3 Å². The van der Waals surface area contributed by atoms with Gasteiger partial charge in [-0.05, 0) is 55.7 Å². The van der Waals surface area contributed by atoms with Crippen molar-refractivity contribution in [2.24, 2.45) is 0 Å². The van der Waals surface area contributed by atoms with Gasteiger partial charge in [0.1, 0.15) is 0 Å². The molecule has 1 aliphatic rings. The number of ether oxygens (including phenoxy) is 1. The molecule has 0 radical (unpaired) electrons. The molecule has 144 valence electrons. The van der Waals surface area contributed by atoms with Crippen molar-refractivity contribution < 1.29 is 17.9 Å². The zero-order valence-electron chi connectivity index (χ0n) is 15.8. The number of benzene rings is 2. The molecule has 2 aromatic carbocycles. The van der Waals surface area contributed by atoms with Gasteiger partial charge in [-0.25, -0.2) is 8.42 Å². The number of hydrogen-bond acceptors (Lipinski definition) is 4. The lowest BCUT2D eigenvalue weighted by atomic mass is 10.1. The molecule has 0 aliphatic carbocycles. The Hall–Kier alpha value is -2.22. The van der Waals surface area contributed by atoms with Crippen LogP contribution in [0.15, 0.2) is 41.3 Å². The Morgan fingerprint density at radius 3 is 2.37 bits per heavy atom. The van der Waals surface area contributed by atoms with Gasteiger partial charge in [0.25, 0.3) is 5.91 Å². The van der Waals surface area contributed by atoms with E-state index in [-0.39, 0.29) is 10.8 Å². The Balaban J connectivity index is 1.90. The molecule has 1 amide bonds. The molecular formula is C20H24N2O4S. The maximum atomic E-state index is 13.0. The van der Waals surface area contributed by atoms with Crippen LogP contribution in [0.2, 0.25) is 0 Å². The maximum absolute atomic E-state index is 13.0. The highest BCUT2D eigenvalue weighted by atomic mass is 32.2. The number of nitrogens with one attached hydrogen (secondary N) is 1. The van der Waals surface area contributed by atoms with Crippen molar-refractivity contribution in [2.75, 3.05) is 31.6 Å². The van der Waals surface area contributed by atoms with Gasteiger partial charge in [0.15, 0.2) is 0 Å². The van der Waals surface area contributed by atoms with Gasteiger partial charge in [0.05, 0.1) is 18.1 Å². The van der Waals surface area contributed by atoms with Crippen molar-refractivity contribution >= 4 is 21.6 Å². The molecule has 0 bridgehead atoms. The van der Waals surface area contributed by atoms with Crippen LogP contribution in [0, 0.1) is 20.8 Å². The SMILES string of the molecule is Cc1ccc(C)c(NC(=O)c2ccc(C)c(S(=O)(=O)N3CCOCC3)c2)c1. The molecule has 2 aromatic rings. The van der Waals surface area contributed by atoms with Crippen molar-refractivity contribution in [1.29, 1.82) is 0 Å². The molecule has 1 heterocycles. The zero-order valence-corrected chi connectivity index (χ0v) is 16.6. The van der Waals surface area contributed by atoms with Crippen LogP contribution in [0.1, 0.15) is 27.0 Å². The van der Waals surface area contributed by atoms with E-state index < -0.39 is 10.0 Å². The molecule has 0 saturated carbocycles. The van der Waals surface area contributed by atoms with Gasteiger partial charge in [0.2, 0.25) is 10.0 Å². The number of carbonyl (C=O) groups is 1. The summed E-state index contributed by atoms with van der Waals surface area (Å²) >= 11 is 0. The number of amides is 1. The Bertz CT molecular complexity index is 964. The number of aryl methyl sites for hydroxylation is 3. The number of hydrogen-bond donors (Lipinski definition) is 1. The van der Waals surface area contributed by atoms with Crippen molar-refractivity contribution in [3.8, 4) is 0 Å². The van der Waals surface area contributed by atoms with Crippen molar-refractivity contribution in [1.82, 2.24) is 4.31 Å². The van der Waals surface area contributed by atoms with E-state index in [1.807, 2.05) is 32.0 Å². The number of nitrogens with zero attached hydrogens (tertiary/aromatic N) is 1. The fraction of sp³-hybridized carbons (Fsp3) is 0.350. The Morgan fingerprint density at radius 2 is 1.67 bits per heavy atom. The van der Waals surface area contributed by atoms with Gasteiger partial charge in [-0.3, -0.25) is 4.79 Å². The molecule has 0 atom stereocenters. The van der Waals surface area contributed by atoms with Gasteiger partial charge in [-0.2, -0.15) is 4.31 Å². The third-order valence-corrected chi connectivity index (χ3v) is 6.72. The van der Waals surface area contributed by atoms with E-state index in [1.165, 1.54) is 10.4 Å². The predicted octanol–water partition coefficient (Wildman–Crippen LogP) is 2.89. The number of anilines is 1. The summed E-state index contributed by atoms with van der Waals surface area (Å²) in [5.41, 5.74) is 3.63. The third kappa shape index (κ3) is 4.21. The summed E-state index contributed by atoms with van der Waals surface area (Å²) in [5, 5.41) is 2.88. The average molecular weight is 388 g/mol. The molecule has 7 heteroatoms. The summed E-state index contributed by atoms with van der Waals surface area (Å²) in [7, 11) is -3.66. The molecule has 1 saturated heterocycles. The van der Waals surface area contributed by atoms with E-state index in [0.29, 0.717) is 37.4 Å². The van der Waals surface area contributed by atoms with Crippen LogP contribution in [0.5, 0.6) is 0 Å². The minimum absolute atomic E-state index is 0.165. The topological polar surface area (TPSA) is 75.7 Å². The lowest BCUT2D eigenvalue weighted by Gasteiger charge is -2.26. The Kier molecular flexibility index (Phi) is 5.64. The number of rotatable bonds is 4. The second-order valence-electron chi connectivity index (χ2n) is 6.77. The third-order valence-electron chi connectivity index (χ3n) is 4.68. The fourth-order valence-electron chi connectivity index (χ4n) is 3.01. The predicted molar refractivity (Wildman–Crippen MR) is 105 cm³/mol. The fourth-order valence-corrected chi connectivity index (χ4v) is 4.67. The zero-order chi connectivity index (χ0) is 19.6. The highest BCUT2D eigenvalue weighted by molar-refractivity contribution is 7.89. The highest BCUT2D eigenvalue weighted by Gasteiger charge is 2.28. The van der Waals surface area contributed by atoms with Crippen LogP contribution >= 0.6 is 0 Å². The molecule has 0 unspecified atom stereocenters. The summed E-state index contributed by atoms with van der Waals surface area (Å²) in [6, 6.07) is 10.6. The number of sulfonamides is 1. The minimum atomic E-state index is -3.66. The van der Waals surface area contributed by atoms with E-state index in [9.17, 15) is 13.2 Å². The number of morpholine rings is 1. The summed E-state index contributed by atoms with van der Waals surface area (Å²) in [6.07, 6.45) is 0. The average Bonchev–Trinajstić information content (AvgIpc) is 2.65. The lowest BCUT2D eigenvalue weighted by Crippen LogP contribution is -2.40. The monoisotopic (exact) mass is 388 g/mol. The van der Waals surface area contributed by atoms with E-state index >= 15 is 0 Å². The largest absolute Gasteiger partial charge is 0.379 e. The first-order chi connectivity index (χ1) is 12.8. The molecule has 6 nitrogen and oxygen atoms in total. The van der Waals surface area contributed by atoms with Crippen molar-refractivity contribution in [2.45, 2.75) is 25.7 Å². The summed E-state index contributed by atoms with van der Waals surface area (Å²) in [5.74, 6) is -0.331. The lowest BCUT2D eigenvalue weighted by molar-refractivity contribution is 0.0730. The first kappa shape index (κ1) is 19.5. The summed E-state index contributed by atoms with van der Waals surface area (Å²) in [4.78, 5) is 12.9. The van der Waals surface area contributed by atoms with Gasteiger partial charge in [-0.1, -0.05) is 18.2 Å². The number of carbonyl (C=O) groups excluding carboxylic acids is 1. The van der Waals surface area contributed by atoms with Crippen LogP contribution in [-0.4, -0.2) is 44.9 Å². The van der Waals surface area contributed by atoms with Gasteiger partial charge in [-0.15, -0.1) is 0 Å². The van der Waals surface area contributed by atoms with E-state index in [0.717, 1.165) is 16.8 Å². The highest BCUT2D eigenvalue weighted by Crippen LogP contribution is 2.23. The molecule has 0 aromatic heterocycles. The molecule has 27 heavy (non-hydrogen) atoms. The van der Waals surface area contributed by atoms with E-state index in [4.69, 9.17) is 4.74 Å². The Labute approximate surface area is 160 Å². The molecule has 1 N–H and O–H groups in total. The van der Waals surface area contributed by atoms with Crippen LogP contribution in [0.3, 0.4) is 0 Å². The Morgan fingerprint density at radius 1 is 1.00 bits per heavy atom. The first-order valence-corrected chi connectivity index (χ1v) is 10.3. The van der Waals surface area contributed by atoms with Gasteiger partial charge < -0.3 is 10.1 Å². The standard InChI is InChI=1S/C20H24N2O4S/c1-14-4-5-15(2)18(12-14)21-20(23)17-7-6-16(3)19(13-17)27(24,25)22-8-10-26-11-9-22/h4-7,12-13H,8-11H2,1-3H3,(H,21,23). The molecular weight excluding hydrogens is 364 g/mol. The van der Waals surface area contributed by atoms with E-state index in [2.05, 4.69) is 5.32 Å². The van der Waals surface area contributed by atoms with Crippen LogP contribution in [-0.2, 0) is 14.8 Å². The second-order valence-corrected chi connectivity index (χ2v) is 8.68. The first-order valence-electron chi connectivity index (χ1n) is 8.86. The molecule has 3 rings (SSSR count). The normalized spacial score (nSPS) is 15.5. The molecule has 1 aliphatic heterocycles. The van der Waals surface area contributed by atoms with Crippen molar-refractivity contribution in [3.05, 3.63) is 58.7 Å². The molecule has 0 spiro atoms. The van der Waals surface area contributed by atoms with Crippen LogP contribution in [0.4, 0.5) is 5.69 Å².